The first-order valence-corrected chi connectivity index (χ1v) is 11.7. The third-order valence-corrected chi connectivity index (χ3v) is 6.52. The fraction of sp³-hybridized carbons (Fsp3) is 0.185. The number of thiophene rings is 1. The molecule has 0 spiro atoms. The summed E-state index contributed by atoms with van der Waals surface area (Å²) in [7, 11) is 0. The van der Waals surface area contributed by atoms with E-state index in [2.05, 4.69) is 40.4 Å². The molecule has 6 heteroatoms. The van der Waals surface area contributed by atoms with Crippen LogP contribution in [0.4, 0.5) is 0 Å². The van der Waals surface area contributed by atoms with Crippen LogP contribution in [0.25, 0.3) is 21.3 Å². The van der Waals surface area contributed by atoms with Crippen LogP contribution in [-0.4, -0.2) is 16.1 Å². The number of fused-ring (bicyclic) bond motifs is 1. The summed E-state index contributed by atoms with van der Waals surface area (Å²) >= 11 is 7.82. The summed E-state index contributed by atoms with van der Waals surface area (Å²) in [6.45, 7) is 4.16. The third kappa shape index (κ3) is 5.36. The Morgan fingerprint density at radius 2 is 1.97 bits per heavy atom. The van der Waals surface area contributed by atoms with Gasteiger partial charge < -0.3 is 9.84 Å². The van der Waals surface area contributed by atoms with Gasteiger partial charge in [-0.15, -0.1) is 17.3 Å². The minimum Gasteiger partial charge on any atom is -0.489 e. The SMILES string of the molecule is CC#C[C@@H](CC(=O)O)c1ccc(OCc2ccc3scc(-c4nc(Cl)ccc4C)c3c2)cc1. The van der Waals surface area contributed by atoms with E-state index < -0.39 is 5.97 Å². The molecule has 0 aliphatic rings. The molecule has 1 N–H and O–H groups in total. The smallest absolute Gasteiger partial charge is 0.304 e. The summed E-state index contributed by atoms with van der Waals surface area (Å²) in [5, 5.41) is 12.8. The number of aryl methyl sites for hydroxylation is 1. The number of carboxylic acid groups (broad SMARTS) is 1. The molecule has 2 heterocycles. The van der Waals surface area contributed by atoms with E-state index in [-0.39, 0.29) is 12.3 Å². The maximum atomic E-state index is 11.1. The molecule has 0 unspecified atom stereocenters. The van der Waals surface area contributed by atoms with Crippen LogP contribution in [0.2, 0.25) is 5.15 Å². The first kappa shape index (κ1) is 22.8. The Hall–Kier alpha value is -3.33. The summed E-state index contributed by atoms with van der Waals surface area (Å²) in [6.07, 6.45) is -0.0228. The number of hydrogen-bond donors (Lipinski definition) is 1. The Morgan fingerprint density at radius 3 is 2.70 bits per heavy atom. The Morgan fingerprint density at radius 1 is 1.18 bits per heavy atom. The van der Waals surface area contributed by atoms with Crippen molar-refractivity contribution >= 4 is 39.0 Å². The van der Waals surface area contributed by atoms with Gasteiger partial charge in [0.1, 0.15) is 17.5 Å². The molecule has 2 aromatic carbocycles. The summed E-state index contributed by atoms with van der Waals surface area (Å²) in [6, 6.07) is 17.6. The zero-order valence-electron chi connectivity index (χ0n) is 18.3. The number of ether oxygens (including phenoxy) is 1. The summed E-state index contributed by atoms with van der Waals surface area (Å²) in [5.41, 5.74) is 4.96. The second-order valence-electron chi connectivity index (χ2n) is 7.68. The van der Waals surface area contributed by atoms with Gasteiger partial charge in [0, 0.05) is 21.0 Å². The van der Waals surface area contributed by atoms with Gasteiger partial charge in [-0.05, 0) is 60.9 Å². The van der Waals surface area contributed by atoms with Gasteiger partial charge >= 0.3 is 5.97 Å². The van der Waals surface area contributed by atoms with Gasteiger partial charge in [0.15, 0.2) is 0 Å². The average Bonchev–Trinajstić information content (AvgIpc) is 3.22. The number of pyridine rings is 1. The highest BCUT2D eigenvalue weighted by Gasteiger charge is 2.14. The van der Waals surface area contributed by atoms with Crippen molar-refractivity contribution in [2.24, 2.45) is 0 Å². The maximum Gasteiger partial charge on any atom is 0.304 e. The van der Waals surface area contributed by atoms with E-state index in [0.717, 1.165) is 39.1 Å². The molecule has 0 fully saturated rings. The van der Waals surface area contributed by atoms with E-state index in [1.165, 1.54) is 4.70 Å². The van der Waals surface area contributed by atoms with Crippen LogP contribution in [0.5, 0.6) is 5.75 Å². The molecule has 0 radical (unpaired) electrons. The average molecular weight is 476 g/mol. The van der Waals surface area contributed by atoms with E-state index in [1.807, 2.05) is 37.3 Å². The summed E-state index contributed by atoms with van der Waals surface area (Å²) < 4.78 is 7.18. The second-order valence-corrected chi connectivity index (χ2v) is 8.98. The first-order chi connectivity index (χ1) is 15.9. The highest BCUT2D eigenvalue weighted by molar-refractivity contribution is 7.17. The third-order valence-electron chi connectivity index (χ3n) is 5.34. The zero-order valence-corrected chi connectivity index (χ0v) is 19.8. The van der Waals surface area contributed by atoms with Crippen LogP contribution in [0.3, 0.4) is 0 Å². The summed E-state index contributed by atoms with van der Waals surface area (Å²) in [4.78, 5) is 15.6. The van der Waals surface area contributed by atoms with Crippen LogP contribution in [-0.2, 0) is 11.4 Å². The van der Waals surface area contributed by atoms with Crippen LogP contribution in [0, 0.1) is 18.8 Å². The van der Waals surface area contributed by atoms with Crippen LogP contribution in [0.1, 0.15) is 36.0 Å². The molecule has 1 atom stereocenters. The predicted molar refractivity (Wildman–Crippen MR) is 134 cm³/mol. The monoisotopic (exact) mass is 475 g/mol. The highest BCUT2D eigenvalue weighted by Crippen LogP contribution is 2.36. The lowest BCUT2D eigenvalue weighted by atomic mass is 9.96. The standard InChI is InChI=1S/C27H22ClNO3S/c1-3-4-20(14-26(30)31)19-7-9-21(10-8-19)32-15-18-6-11-24-22(13-18)23(16-33-24)27-17(2)5-12-25(28)29-27/h5-13,16,20H,14-15H2,1-2H3,(H,30,31)/t20-/m0/s1. The van der Waals surface area contributed by atoms with Crippen LogP contribution >= 0.6 is 22.9 Å². The van der Waals surface area contributed by atoms with Gasteiger partial charge in [0.25, 0.3) is 0 Å². The number of benzene rings is 2. The van der Waals surface area contributed by atoms with Crippen molar-refractivity contribution in [2.75, 3.05) is 0 Å². The molecule has 33 heavy (non-hydrogen) atoms. The Bertz CT molecular complexity index is 1370. The van der Waals surface area contributed by atoms with E-state index in [4.69, 9.17) is 21.4 Å². The fourth-order valence-electron chi connectivity index (χ4n) is 3.69. The molecule has 0 amide bonds. The molecule has 0 aliphatic carbocycles. The van der Waals surface area contributed by atoms with E-state index in [0.29, 0.717) is 11.8 Å². The topological polar surface area (TPSA) is 59.4 Å². The van der Waals surface area contributed by atoms with Crippen molar-refractivity contribution in [3.63, 3.8) is 0 Å². The zero-order chi connectivity index (χ0) is 23.4. The number of carboxylic acids is 1. The number of halogens is 1. The van der Waals surface area contributed by atoms with Crippen molar-refractivity contribution in [1.82, 2.24) is 4.98 Å². The van der Waals surface area contributed by atoms with Crippen LogP contribution < -0.4 is 4.74 Å². The largest absolute Gasteiger partial charge is 0.489 e. The number of hydrogen-bond acceptors (Lipinski definition) is 4. The first-order valence-electron chi connectivity index (χ1n) is 10.4. The van der Waals surface area contributed by atoms with E-state index in [1.54, 1.807) is 24.3 Å². The quantitative estimate of drug-likeness (QED) is 0.229. The van der Waals surface area contributed by atoms with E-state index in [9.17, 15) is 4.79 Å². The Kier molecular flexibility index (Phi) is 6.98. The molecule has 4 aromatic rings. The maximum absolute atomic E-state index is 11.1. The Labute approximate surface area is 201 Å². The molecular weight excluding hydrogens is 454 g/mol. The molecule has 4 nitrogen and oxygen atoms in total. The lowest BCUT2D eigenvalue weighted by Crippen LogP contribution is -2.04. The molecule has 0 saturated heterocycles. The minimum absolute atomic E-state index is 0.0228. The van der Waals surface area contributed by atoms with Crippen molar-refractivity contribution in [3.05, 3.63) is 81.8 Å². The highest BCUT2D eigenvalue weighted by atomic mass is 35.5. The van der Waals surface area contributed by atoms with Crippen molar-refractivity contribution < 1.29 is 14.6 Å². The molecular formula is C27H22ClNO3S. The number of rotatable bonds is 7. The van der Waals surface area contributed by atoms with Gasteiger partial charge in [-0.2, -0.15) is 0 Å². The van der Waals surface area contributed by atoms with Gasteiger partial charge in [0.2, 0.25) is 0 Å². The number of aliphatic carboxylic acids is 1. The van der Waals surface area contributed by atoms with Crippen molar-refractivity contribution in [3.8, 4) is 28.8 Å². The molecule has 0 saturated carbocycles. The Balaban J connectivity index is 1.52. The van der Waals surface area contributed by atoms with E-state index >= 15 is 0 Å². The molecule has 0 bridgehead atoms. The molecule has 2 aromatic heterocycles. The molecule has 4 rings (SSSR count). The number of aromatic nitrogens is 1. The normalized spacial score (nSPS) is 11.6. The fourth-order valence-corrected chi connectivity index (χ4v) is 4.76. The second kappa shape index (κ2) is 10.1. The van der Waals surface area contributed by atoms with Crippen LogP contribution in [0.15, 0.2) is 60.0 Å². The predicted octanol–water partition coefficient (Wildman–Crippen LogP) is 7.09. The number of carbonyl (C=O) groups is 1. The lowest BCUT2D eigenvalue weighted by molar-refractivity contribution is -0.137. The van der Waals surface area contributed by atoms with Crippen molar-refractivity contribution in [2.45, 2.75) is 32.8 Å². The van der Waals surface area contributed by atoms with Gasteiger partial charge in [-0.1, -0.05) is 41.8 Å². The minimum atomic E-state index is -0.866. The summed E-state index contributed by atoms with van der Waals surface area (Å²) in [5.74, 6) is 5.30. The van der Waals surface area contributed by atoms with Gasteiger partial charge in [-0.25, -0.2) is 4.98 Å². The van der Waals surface area contributed by atoms with Gasteiger partial charge in [-0.3, -0.25) is 4.79 Å². The molecule has 0 aliphatic heterocycles. The number of nitrogens with zero attached hydrogens (tertiary/aromatic N) is 1. The van der Waals surface area contributed by atoms with Crippen molar-refractivity contribution in [1.29, 1.82) is 0 Å². The molecule has 166 valence electrons. The lowest BCUT2D eigenvalue weighted by Gasteiger charge is -2.11. The van der Waals surface area contributed by atoms with Gasteiger partial charge in [0.05, 0.1) is 18.0 Å².